The smallest absolute Gasteiger partial charge is 0.243 e. The first-order valence-corrected chi connectivity index (χ1v) is 9.26. The highest BCUT2D eigenvalue weighted by Gasteiger charge is 2.25. The fraction of sp³-hybridized carbons (Fsp3) is 0.308. The normalized spacial score (nSPS) is 12.0. The monoisotopic (exact) mass is 389 g/mol. The maximum atomic E-state index is 12.7. The Morgan fingerprint density at radius 1 is 1.38 bits per heavy atom. The van der Waals surface area contributed by atoms with Gasteiger partial charge in [0.1, 0.15) is 0 Å². The van der Waals surface area contributed by atoms with Gasteiger partial charge in [-0.2, -0.15) is 4.31 Å². The van der Waals surface area contributed by atoms with E-state index >= 15 is 0 Å². The summed E-state index contributed by atoms with van der Waals surface area (Å²) in [5, 5.41) is 2.78. The van der Waals surface area contributed by atoms with Crippen molar-refractivity contribution in [3.63, 3.8) is 0 Å². The maximum Gasteiger partial charge on any atom is 0.243 e. The number of rotatable bonds is 4. The third-order valence-corrected chi connectivity index (χ3v) is 6.31. The molecule has 1 heterocycles. The molecule has 0 saturated carbocycles. The van der Waals surface area contributed by atoms with Gasteiger partial charge in [-0.15, -0.1) is 11.3 Å². The molecule has 0 aliphatic rings. The molecule has 2 N–H and O–H groups in total. The minimum atomic E-state index is -3.62. The van der Waals surface area contributed by atoms with Gasteiger partial charge in [0.25, 0.3) is 0 Å². The molecule has 0 saturated heterocycles. The molecule has 0 atom stereocenters. The summed E-state index contributed by atoms with van der Waals surface area (Å²) >= 11 is 4.79. The molecule has 0 radical (unpaired) electrons. The average molecular weight is 390 g/mol. The van der Waals surface area contributed by atoms with Gasteiger partial charge in [0, 0.05) is 22.6 Å². The number of thiazole rings is 1. The van der Waals surface area contributed by atoms with Gasteiger partial charge in [-0.3, -0.25) is 0 Å². The molecule has 2 rings (SSSR count). The van der Waals surface area contributed by atoms with Crippen LogP contribution in [0.4, 0.5) is 5.69 Å². The first-order chi connectivity index (χ1) is 9.71. The molecule has 0 unspecified atom stereocenters. The van der Waals surface area contributed by atoms with E-state index < -0.39 is 10.0 Å². The van der Waals surface area contributed by atoms with Gasteiger partial charge >= 0.3 is 0 Å². The SMILES string of the molecule is Cc1nc(CN(C)S(=O)(=O)c2cc(Br)cc(N)c2C)cs1. The Labute approximate surface area is 137 Å². The second-order valence-corrected chi connectivity index (χ2v) is 8.73. The Balaban J connectivity index is 2.37. The number of hydrogen-bond acceptors (Lipinski definition) is 5. The fourth-order valence-electron chi connectivity index (χ4n) is 1.90. The first kappa shape index (κ1) is 16.4. The Bertz CT molecular complexity index is 772. The lowest BCUT2D eigenvalue weighted by Gasteiger charge is -2.18. The third kappa shape index (κ3) is 3.45. The molecule has 2 aromatic rings. The van der Waals surface area contributed by atoms with Crippen LogP contribution in [0.5, 0.6) is 0 Å². The topological polar surface area (TPSA) is 76.3 Å². The van der Waals surface area contributed by atoms with E-state index in [-0.39, 0.29) is 11.4 Å². The zero-order valence-electron chi connectivity index (χ0n) is 11.9. The molecular formula is C13H16BrN3O2S2. The van der Waals surface area contributed by atoms with Crippen LogP contribution in [0.2, 0.25) is 0 Å². The molecule has 114 valence electrons. The fourth-order valence-corrected chi connectivity index (χ4v) is 4.55. The summed E-state index contributed by atoms with van der Waals surface area (Å²) in [6.07, 6.45) is 0. The van der Waals surface area contributed by atoms with E-state index in [2.05, 4.69) is 20.9 Å². The van der Waals surface area contributed by atoms with E-state index in [0.717, 1.165) is 10.7 Å². The van der Waals surface area contributed by atoms with E-state index in [9.17, 15) is 8.42 Å². The standard InChI is InChI=1S/C13H16BrN3O2S2/c1-8-12(15)4-10(14)5-13(8)21(18,19)17(3)6-11-7-20-9(2)16-11/h4-5,7H,6,15H2,1-3H3. The van der Waals surface area contributed by atoms with E-state index in [0.29, 0.717) is 15.7 Å². The zero-order chi connectivity index (χ0) is 15.8. The molecule has 0 aliphatic heterocycles. The molecule has 8 heteroatoms. The van der Waals surface area contributed by atoms with Crippen LogP contribution in [-0.2, 0) is 16.6 Å². The van der Waals surface area contributed by atoms with Crippen molar-refractivity contribution in [3.8, 4) is 0 Å². The van der Waals surface area contributed by atoms with Crippen LogP contribution in [-0.4, -0.2) is 24.8 Å². The van der Waals surface area contributed by atoms with Crippen LogP contribution in [0, 0.1) is 13.8 Å². The second-order valence-electron chi connectivity index (χ2n) is 4.74. The number of nitrogens with zero attached hydrogens (tertiary/aromatic N) is 2. The molecular weight excluding hydrogens is 374 g/mol. The molecule has 0 spiro atoms. The van der Waals surface area contributed by atoms with Crippen LogP contribution in [0.25, 0.3) is 0 Å². The van der Waals surface area contributed by atoms with Crippen molar-refractivity contribution in [2.45, 2.75) is 25.3 Å². The van der Waals surface area contributed by atoms with Crippen molar-refractivity contribution in [3.05, 3.63) is 38.3 Å². The number of sulfonamides is 1. The van der Waals surface area contributed by atoms with Gasteiger partial charge < -0.3 is 5.73 Å². The van der Waals surface area contributed by atoms with E-state index in [1.54, 1.807) is 26.1 Å². The maximum absolute atomic E-state index is 12.7. The van der Waals surface area contributed by atoms with Gasteiger partial charge in [-0.05, 0) is 31.5 Å². The predicted octanol–water partition coefficient (Wildman–Crippen LogP) is 2.93. The second kappa shape index (κ2) is 6.04. The lowest BCUT2D eigenvalue weighted by molar-refractivity contribution is 0.462. The lowest BCUT2D eigenvalue weighted by atomic mass is 10.2. The highest BCUT2D eigenvalue weighted by Crippen LogP contribution is 2.28. The van der Waals surface area contributed by atoms with Crippen LogP contribution >= 0.6 is 27.3 Å². The number of anilines is 1. The number of nitrogen functional groups attached to an aromatic ring is 1. The molecule has 1 aromatic carbocycles. The van der Waals surface area contributed by atoms with Crippen molar-refractivity contribution < 1.29 is 8.42 Å². The minimum absolute atomic E-state index is 0.212. The van der Waals surface area contributed by atoms with Gasteiger partial charge in [-0.1, -0.05) is 15.9 Å². The summed E-state index contributed by atoms with van der Waals surface area (Å²) < 4.78 is 27.3. The van der Waals surface area contributed by atoms with E-state index in [4.69, 9.17) is 5.73 Å². The summed E-state index contributed by atoms with van der Waals surface area (Å²) in [5.74, 6) is 0. The predicted molar refractivity (Wildman–Crippen MR) is 88.8 cm³/mol. The van der Waals surface area contributed by atoms with Crippen molar-refractivity contribution in [1.82, 2.24) is 9.29 Å². The highest BCUT2D eigenvalue weighted by atomic mass is 79.9. The molecule has 0 fully saturated rings. The Morgan fingerprint density at radius 2 is 2.05 bits per heavy atom. The van der Waals surface area contributed by atoms with Crippen molar-refractivity contribution in [2.24, 2.45) is 0 Å². The first-order valence-electron chi connectivity index (χ1n) is 6.15. The molecule has 21 heavy (non-hydrogen) atoms. The molecule has 0 bridgehead atoms. The Hall–Kier alpha value is -0.960. The number of hydrogen-bond donors (Lipinski definition) is 1. The van der Waals surface area contributed by atoms with E-state index in [1.165, 1.54) is 15.6 Å². The number of aryl methyl sites for hydroxylation is 1. The van der Waals surface area contributed by atoms with Gasteiger partial charge in [0.15, 0.2) is 0 Å². The van der Waals surface area contributed by atoms with E-state index in [1.807, 2.05) is 12.3 Å². The number of benzene rings is 1. The molecule has 0 amide bonds. The largest absolute Gasteiger partial charge is 0.398 e. The minimum Gasteiger partial charge on any atom is -0.398 e. The molecule has 1 aromatic heterocycles. The summed E-state index contributed by atoms with van der Waals surface area (Å²) in [7, 11) is -2.07. The van der Waals surface area contributed by atoms with Crippen LogP contribution in [0.15, 0.2) is 26.9 Å². The van der Waals surface area contributed by atoms with Gasteiger partial charge in [0.2, 0.25) is 10.0 Å². The number of halogens is 1. The summed E-state index contributed by atoms with van der Waals surface area (Å²) in [4.78, 5) is 4.51. The molecule has 5 nitrogen and oxygen atoms in total. The Morgan fingerprint density at radius 3 is 2.62 bits per heavy atom. The zero-order valence-corrected chi connectivity index (χ0v) is 15.1. The lowest BCUT2D eigenvalue weighted by Crippen LogP contribution is -2.27. The molecule has 0 aliphatic carbocycles. The van der Waals surface area contributed by atoms with Crippen LogP contribution < -0.4 is 5.73 Å². The average Bonchev–Trinajstić information content (AvgIpc) is 2.79. The van der Waals surface area contributed by atoms with Crippen molar-refractivity contribution in [1.29, 1.82) is 0 Å². The van der Waals surface area contributed by atoms with Gasteiger partial charge in [-0.25, -0.2) is 13.4 Å². The Kier molecular flexibility index (Phi) is 4.72. The summed E-state index contributed by atoms with van der Waals surface area (Å²) in [6.45, 7) is 3.83. The number of aromatic nitrogens is 1. The van der Waals surface area contributed by atoms with Crippen LogP contribution in [0.3, 0.4) is 0 Å². The number of nitrogens with two attached hydrogens (primary N) is 1. The quantitative estimate of drug-likeness (QED) is 0.815. The highest BCUT2D eigenvalue weighted by molar-refractivity contribution is 9.10. The van der Waals surface area contributed by atoms with Crippen LogP contribution in [0.1, 0.15) is 16.3 Å². The summed E-state index contributed by atoms with van der Waals surface area (Å²) in [6, 6.07) is 3.27. The van der Waals surface area contributed by atoms with Gasteiger partial charge in [0.05, 0.1) is 22.1 Å². The van der Waals surface area contributed by atoms with Crippen molar-refractivity contribution in [2.75, 3.05) is 12.8 Å². The van der Waals surface area contributed by atoms with Crippen molar-refractivity contribution >= 4 is 43.0 Å². The summed E-state index contributed by atoms with van der Waals surface area (Å²) in [5.41, 5.74) is 7.59. The third-order valence-electron chi connectivity index (χ3n) is 3.10.